The minimum atomic E-state index is -3.03. The molecule has 0 radical (unpaired) electrons. The third-order valence-electron chi connectivity index (χ3n) is 2.86. The van der Waals surface area contributed by atoms with Gasteiger partial charge in [0.15, 0.2) is 9.84 Å². The van der Waals surface area contributed by atoms with Gasteiger partial charge in [-0.1, -0.05) is 30.3 Å². The number of nitrogens with two attached hydrogens (primary N) is 1. The van der Waals surface area contributed by atoms with Crippen molar-refractivity contribution in [1.29, 1.82) is 0 Å². The van der Waals surface area contributed by atoms with Crippen molar-refractivity contribution in [1.82, 2.24) is 0 Å². The van der Waals surface area contributed by atoms with Crippen LogP contribution in [-0.2, 0) is 16.4 Å². The molecule has 88 valence electrons. The first-order valence-electron chi connectivity index (χ1n) is 5.32. The molecular formula is C11H16NO3S+. The van der Waals surface area contributed by atoms with E-state index in [1.54, 1.807) is 0 Å². The van der Waals surface area contributed by atoms with Crippen LogP contribution in [0.15, 0.2) is 30.3 Å². The van der Waals surface area contributed by atoms with Crippen molar-refractivity contribution < 1.29 is 18.8 Å². The average Bonchev–Trinajstić information content (AvgIpc) is 2.50. The Hall–Kier alpha value is -0.910. The van der Waals surface area contributed by atoms with Crippen molar-refractivity contribution >= 4 is 9.84 Å². The molecule has 0 unspecified atom stereocenters. The number of hydrogen-bond acceptors (Lipinski definition) is 3. The topological polar surface area (TPSA) is 71.0 Å². The van der Waals surface area contributed by atoms with Gasteiger partial charge in [-0.2, -0.15) is 0 Å². The highest BCUT2D eigenvalue weighted by Gasteiger charge is 2.38. The third-order valence-corrected chi connectivity index (χ3v) is 4.61. The highest BCUT2D eigenvalue weighted by Crippen LogP contribution is 2.09. The first-order valence-corrected chi connectivity index (χ1v) is 7.15. The summed E-state index contributed by atoms with van der Waals surface area (Å²) in [5, 5.41) is 11.5. The van der Waals surface area contributed by atoms with E-state index >= 15 is 0 Å². The molecule has 4 nitrogen and oxygen atoms in total. The largest absolute Gasteiger partial charge is 0.386 e. The fraction of sp³-hybridized carbons (Fsp3) is 0.455. The normalized spacial score (nSPS) is 28.1. The van der Waals surface area contributed by atoms with E-state index in [1.807, 2.05) is 35.6 Å². The van der Waals surface area contributed by atoms with Gasteiger partial charge in [0.25, 0.3) is 0 Å². The Kier molecular flexibility index (Phi) is 3.28. The van der Waals surface area contributed by atoms with E-state index in [-0.39, 0.29) is 17.5 Å². The second kappa shape index (κ2) is 4.53. The number of hydrogen-bond donors (Lipinski definition) is 2. The number of aliphatic hydroxyl groups is 1. The van der Waals surface area contributed by atoms with Crippen LogP contribution in [0.1, 0.15) is 5.56 Å². The smallest absolute Gasteiger partial charge is 0.159 e. The molecule has 1 aliphatic rings. The molecule has 0 spiro atoms. The van der Waals surface area contributed by atoms with Gasteiger partial charge < -0.3 is 10.4 Å². The van der Waals surface area contributed by atoms with Gasteiger partial charge in [0.05, 0.1) is 5.75 Å². The Morgan fingerprint density at radius 1 is 1.25 bits per heavy atom. The van der Waals surface area contributed by atoms with Crippen LogP contribution in [0.5, 0.6) is 0 Å². The first-order chi connectivity index (χ1) is 7.57. The summed E-state index contributed by atoms with van der Waals surface area (Å²) >= 11 is 0. The van der Waals surface area contributed by atoms with Crippen LogP contribution in [0.2, 0.25) is 0 Å². The highest BCUT2D eigenvalue weighted by molar-refractivity contribution is 7.91. The highest BCUT2D eigenvalue weighted by atomic mass is 32.2. The van der Waals surface area contributed by atoms with E-state index in [9.17, 15) is 13.5 Å². The van der Waals surface area contributed by atoms with E-state index in [0.717, 1.165) is 5.56 Å². The summed E-state index contributed by atoms with van der Waals surface area (Å²) in [5.74, 6) is -0.00996. The minimum absolute atomic E-state index is 0.0843. The molecule has 1 aliphatic heterocycles. The lowest BCUT2D eigenvalue weighted by atomic mass is 10.2. The molecule has 0 bridgehead atoms. The van der Waals surface area contributed by atoms with E-state index in [4.69, 9.17) is 0 Å². The fourth-order valence-electron chi connectivity index (χ4n) is 1.98. The van der Waals surface area contributed by atoms with Crippen LogP contribution in [0, 0.1) is 0 Å². The summed E-state index contributed by atoms with van der Waals surface area (Å²) < 4.78 is 22.6. The molecule has 0 saturated carbocycles. The lowest BCUT2D eigenvalue weighted by molar-refractivity contribution is -0.705. The number of aliphatic hydroxyl groups excluding tert-OH is 1. The summed E-state index contributed by atoms with van der Waals surface area (Å²) in [4.78, 5) is 0. The maximum absolute atomic E-state index is 11.3. The van der Waals surface area contributed by atoms with Gasteiger partial charge in [0.1, 0.15) is 24.4 Å². The van der Waals surface area contributed by atoms with Crippen molar-refractivity contribution in [2.45, 2.75) is 18.7 Å². The van der Waals surface area contributed by atoms with Crippen LogP contribution < -0.4 is 5.32 Å². The van der Waals surface area contributed by atoms with Crippen LogP contribution in [0.25, 0.3) is 0 Å². The molecule has 5 heteroatoms. The van der Waals surface area contributed by atoms with Crippen molar-refractivity contribution in [3.05, 3.63) is 35.9 Å². The molecule has 1 aromatic carbocycles. The molecule has 1 saturated heterocycles. The van der Waals surface area contributed by atoms with Crippen LogP contribution in [0.3, 0.4) is 0 Å². The van der Waals surface area contributed by atoms with Gasteiger partial charge in [-0.15, -0.1) is 0 Å². The van der Waals surface area contributed by atoms with Crippen molar-refractivity contribution in [2.75, 3.05) is 11.5 Å². The Morgan fingerprint density at radius 2 is 1.94 bits per heavy atom. The summed E-state index contributed by atoms with van der Waals surface area (Å²) in [6, 6.07) is 9.61. The maximum atomic E-state index is 11.3. The zero-order valence-electron chi connectivity index (χ0n) is 8.91. The molecule has 16 heavy (non-hydrogen) atoms. The third kappa shape index (κ3) is 2.81. The number of sulfone groups is 1. The van der Waals surface area contributed by atoms with Gasteiger partial charge >= 0.3 is 0 Å². The second-order valence-corrected chi connectivity index (χ2v) is 6.39. The molecule has 2 atom stereocenters. The quantitative estimate of drug-likeness (QED) is 0.707. The van der Waals surface area contributed by atoms with Crippen LogP contribution in [0.4, 0.5) is 0 Å². The lowest BCUT2D eigenvalue weighted by Gasteiger charge is -2.11. The van der Waals surface area contributed by atoms with Gasteiger partial charge in [0, 0.05) is 5.56 Å². The Balaban J connectivity index is 1.92. The predicted molar refractivity (Wildman–Crippen MR) is 60.5 cm³/mol. The van der Waals surface area contributed by atoms with E-state index < -0.39 is 15.9 Å². The summed E-state index contributed by atoms with van der Waals surface area (Å²) in [5.41, 5.74) is 1.14. The molecular weight excluding hydrogens is 226 g/mol. The SMILES string of the molecule is O=S1(=O)C[C@@H](O)[C@@H]([NH2+]Cc2ccccc2)C1. The van der Waals surface area contributed by atoms with Crippen molar-refractivity contribution in [3.63, 3.8) is 0 Å². The molecule has 0 amide bonds. The standard InChI is InChI=1S/C11H15NO3S/c13-11-8-16(14,15)7-10(11)12-6-9-4-2-1-3-5-9/h1-5,10-13H,6-8H2/p+1/t10-,11+/m0/s1. The average molecular weight is 242 g/mol. The minimum Gasteiger partial charge on any atom is -0.386 e. The van der Waals surface area contributed by atoms with Gasteiger partial charge in [0.2, 0.25) is 0 Å². The fourth-order valence-corrected chi connectivity index (χ4v) is 3.83. The molecule has 2 rings (SSSR count). The zero-order chi connectivity index (χ0) is 11.6. The van der Waals surface area contributed by atoms with Crippen molar-refractivity contribution in [3.8, 4) is 0 Å². The number of quaternary nitrogens is 1. The summed E-state index contributed by atoms with van der Waals surface area (Å²) in [7, 11) is -3.03. The second-order valence-electron chi connectivity index (χ2n) is 4.23. The molecule has 1 heterocycles. The Bertz CT molecular complexity index is 444. The first kappa shape index (κ1) is 11.6. The molecule has 3 N–H and O–H groups in total. The molecule has 1 aromatic rings. The summed E-state index contributed by atoms with van der Waals surface area (Å²) in [6.45, 7) is 0.706. The Labute approximate surface area is 95.2 Å². The molecule has 0 aromatic heterocycles. The van der Waals surface area contributed by atoms with Gasteiger partial charge in [-0.25, -0.2) is 8.42 Å². The predicted octanol–water partition coefficient (Wildman–Crippen LogP) is -1.09. The summed E-state index contributed by atoms with van der Waals surface area (Å²) in [6.07, 6.45) is -0.728. The van der Waals surface area contributed by atoms with E-state index in [1.165, 1.54) is 0 Å². The Morgan fingerprint density at radius 3 is 2.50 bits per heavy atom. The van der Waals surface area contributed by atoms with Gasteiger partial charge in [-0.05, 0) is 0 Å². The van der Waals surface area contributed by atoms with E-state index in [0.29, 0.717) is 6.54 Å². The zero-order valence-corrected chi connectivity index (χ0v) is 9.73. The van der Waals surface area contributed by atoms with Crippen LogP contribution >= 0.6 is 0 Å². The lowest BCUT2D eigenvalue weighted by Crippen LogP contribution is -2.91. The monoisotopic (exact) mass is 242 g/mol. The maximum Gasteiger partial charge on any atom is 0.159 e. The van der Waals surface area contributed by atoms with Crippen molar-refractivity contribution in [2.24, 2.45) is 0 Å². The number of rotatable bonds is 3. The molecule has 1 fully saturated rings. The number of benzene rings is 1. The molecule has 0 aliphatic carbocycles. The van der Waals surface area contributed by atoms with E-state index in [2.05, 4.69) is 0 Å². The van der Waals surface area contributed by atoms with Crippen LogP contribution in [-0.4, -0.2) is 37.2 Å². The van der Waals surface area contributed by atoms with Gasteiger partial charge in [-0.3, -0.25) is 0 Å².